The number of nitrogens with zero attached hydrogens (tertiary/aromatic N) is 1. The van der Waals surface area contributed by atoms with Crippen LogP contribution in [0.3, 0.4) is 0 Å². The van der Waals surface area contributed by atoms with Crippen molar-refractivity contribution in [3.63, 3.8) is 0 Å². The van der Waals surface area contributed by atoms with Crippen molar-refractivity contribution in [3.8, 4) is 0 Å². The van der Waals surface area contributed by atoms with Crippen molar-refractivity contribution in [1.82, 2.24) is 4.90 Å². The highest BCUT2D eigenvalue weighted by molar-refractivity contribution is 7.80. The van der Waals surface area contributed by atoms with Gasteiger partial charge in [-0.1, -0.05) is 19.3 Å². The molecule has 1 aliphatic rings. The lowest BCUT2D eigenvalue weighted by molar-refractivity contribution is 0.209. The molecular weight excluding hydrogens is 190 g/mol. The summed E-state index contributed by atoms with van der Waals surface area (Å²) in [5, 5.41) is 0. The molecule has 0 N–H and O–H groups in total. The highest BCUT2D eigenvalue weighted by Crippen LogP contribution is 2.16. The standard InChI is InChI=1S/C12H25NS/c1-12-8-4-2-5-9-13(12)10-6-3-7-11-14/h12,14H,2-11H2,1H3. The first kappa shape index (κ1) is 12.4. The molecule has 1 fully saturated rings. The van der Waals surface area contributed by atoms with Crippen LogP contribution in [-0.4, -0.2) is 29.8 Å². The van der Waals surface area contributed by atoms with Crippen molar-refractivity contribution in [2.24, 2.45) is 0 Å². The molecule has 0 bridgehead atoms. The van der Waals surface area contributed by atoms with Crippen LogP contribution in [0.1, 0.15) is 51.9 Å². The fourth-order valence-corrected chi connectivity index (χ4v) is 2.49. The molecule has 0 amide bonds. The first-order valence-corrected chi connectivity index (χ1v) is 6.82. The zero-order valence-electron chi connectivity index (χ0n) is 9.54. The number of likely N-dealkylation sites (tertiary alicyclic amines) is 1. The number of hydrogen-bond donors (Lipinski definition) is 1. The Hall–Kier alpha value is 0.310. The summed E-state index contributed by atoms with van der Waals surface area (Å²) in [7, 11) is 0. The Morgan fingerprint density at radius 2 is 2.00 bits per heavy atom. The lowest BCUT2D eigenvalue weighted by Crippen LogP contribution is -2.33. The summed E-state index contributed by atoms with van der Waals surface area (Å²) in [5.41, 5.74) is 0. The minimum Gasteiger partial charge on any atom is -0.301 e. The molecule has 1 atom stereocenters. The van der Waals surface area contributed by atoms with E-state index in [1.165, 1.54) is 58.0 Å². The maximum atomic E-state index is 4.24. The summed E-state index contributed by atoms with van der Waals surface area (Å²) in [6.07, 6.45) is 9.71. The summed E-state index contributed by atoms with van der Waals surface area (Å²) in [6, 6.07) is 0.827. The highest BCUT2D eigenvalue weighted by Gasteiger charge is 2.15. The van der Waals surface area contributed by atoms with E-state index in [0.717, 1.165) is 11.8 Å². The average Bonchev–Trinajstić information content (AvgIpc) is 2.39. The third-order valence-corrected chi connectivity index (χ3v) is 3.61. The summed E-state index contributed by atoms with van der Waals surface area (Å²) in [4.78, 5) is 2.69. The van der Waals surface area contributed by atoms with Gasteiger partial charge in [0.15, 0.2) is 0 Å². The molecule has 1 rings (SSSR count). The number of rotatable bonds is 5. The van der Waals surface area contributed by atoms with Gasteiger partial charge in [0.2, 0.25) is 0 Å². The first-order chi connectivity index (χ1) is 6.84. The van der Waals surface area contributed by atoms with Crippen LogP contribution in [-0.2, 0) is 0 Å². The van der Waals surface area contributed by atoms with Crippen LogP contribution in [0.5, 0.6) is 0 Å². The van der Waals surface area contributed by atoms with Crippen LogP contribution in [0.25, 0.3) is 0 Å². The van der Waals surface area contributed by atoms with Crippen LogP contribution < -0.4 is 0 Å². The van der Waals surface area contributed by atoms with E-state index in [1.54, 1.807) is 0 Å². The predicted molar refractivity (Wildman–Crippen MR) is 67.2 cm³/mol. The van der Waals surface area contributed by atoms with Gasteiger partial charge in [-0.2, -0.15) is 12.6 Å². The molecule has 0 aromatic rings. The Kier molecular flexibility index (Phi) is 6.70. The molecule has 0 radical (unpaired) electrons. The summed E-state index contributed by atoms with van der Waals surface area (Å²) in [6.45, 7) is 5.04. The zero-order valence-corrected chi connectivity index (χ0v) is 10.4. The van der Waals surface area contributed by atoms with E-state index in [1.807, 2.05) is 0 Å². The minimum atomic E-state index is 0.827. The van der Waals surface area contributed by atoms with Gasteiger partial charge >= 0.3 is 0 Å². The van der Waals surface area contributed by atoms with Crippen LogP contribution in [0.15, 0.2) is 0 Å². The fourth-order valence-electron chi connectivity index (χ4n) is 2.27. The normalized spacial score (nSPS) is 24.9. The van der Waals surface area contributed by atoms with E-state index in [2.05, 4.69) is 24.5 Å². The fraction of sp³-hybridized carbons (Fsp3) is 1.00. The molecule has 1 aliphatic heterocycles. The number of unbranched alkanes of at least 4 members (excludes halogenated alkanes) is 2. The smallest absolute Gasteiger partial charge is 0.00669 e. The van der Waals surface area contributed by atoms with E-state index in [4.69, 9.17) is 0 Å². The highest BCUT2D eigenvalue weighted by atomic mass is 32.1. The maximum Gasteiger partial charge on any atom is 0.00669 e. The molecule has 2 heteroatoms. The van der Waals surface area contributed by atoms with E-state index < -0.39 is 0 Å². The van der Waals surface area contributed by atoms with Gasteiger partial charge in [0.1, 0.15) is 0 Å². The second-order valence-electron chi connectivity index (χ2n) is 4.52. The molecule has 1 unspecified atom stereocenters. The second-order valence-corrected chi connectivity index (χ2v) is 4.97. The van der Waals surface area contributed by atoms with Gasteiger partial charge in [0.05, 0.1) is 0 Å². The largest absolute Gasteiger partial charge is 0.301 e. The van der Waals surface area contributed by atoms with Crippen molar-refractivity contribution in [3.05, 3.63) is 0 Å². The molecule has 84 valence electrons. The van der Waals surface area contributed by atoms with Gasteiger partial charge in [0, 0.05) is 6.04 Å². The van der Waals surface area contributed by atoms with Crippen LogP contribution in [0.4, 0.5) is 0 Å². The lowest BCUT2D eigenvalue weighted by Gasteiger charge is -2.26. The Bertz CT molecular complexity index is 138. The van der Waals surface area contributed by atoms with Crippen LogP contribution in [0.2, 0.25) is 0 Å². The van der Waals surface area contributed by atoms with E-state index in [0.29, 0.717) is 0 Å². The Balaban J connectivity index is 2.13. The topological polar surface area (TPSA) is 3.24 Å². The quantitative estimate of drug-likeness (QED) is 0.544. The number of thiol groups is 1. The molecule has 0 spiro atoms. The van der Waals surface area contributed by atoms with Gasteiger partial charge < -0.3 is 4.90 Å². The van der Waals surface area contributed by atoms with Crippen molar-refractivity contribution < 1.29 is 0 Å². The summed E-state index contributed by atoms with van der Waals surface area (Å²) >= 11 is 4.24. The Morgan fingerprint density at radius 1 is 1.14 bits per heavy atom. The molecule has 1 saturated heterocycles. The molecular formula is C12H25NS. The van der Waals surface area contributed by atoms with Crippen LogP contribution >= 0.6 is 12.6 Å². The molecule has 0 saturated carbocycles. The first-order valence-electron chi connectivity index (χ1n) is 6.19. The molecule has 0 aromatic heterocycles. The molecule has 1 heterocycles. The third kappa shape index (κ3) is 4.70. The van der Waals surface area contributed by atoms with Gasteiger partial charge in [-0.15, -0.1) is 0 Å². The molecule has 0 aliphatic carbocycles. The predicted octanol–water partition coefficient (Wildman–Crippen LogP) is 3.35. The van der Waals surface area contributed by atoms with Gasteiger partial charge in [0.25, 0.3) is 0 Å². The average molecular weight is 215 g/mol. The summed E-state index contributed by atoms with van der Waals surface area (Å²) < 4.78 is 0. The minimum absolute atomic E-state index is 0.827. The van der Waals surface area contributed by atoms with Crippen molar-refractivity contribution in [2.45, 2.75) is 57.9 Å². The van der Waals surface area contributed by atoms with Crippen molar-refractivity contribution >= 4 is 12.6 Å². The Labute approximate surface area is 94.7 Å². The number of hydrogen-bond acceptors (Lipinski definition) is 2. The monoisotopic (exact) mass is 215 g/mol. The van der Waals surface area contributed by atoms with E-state index in [-0.39, 0.29) is 0 Å². The SMILES string of the molecule is CC1CCCCCN1CCCCCS. The van der Waals surface area contributed by atoms with E-state index in [9.17, 15) is 0 Å². The van der Waals surface area contributed by atoms with Gasteiger partial charge in [-0.05, 0) is 51.4 Å². The lowest BCUT2D eigenvalue weighted by atomic mass is 10.1. The van der Waals surface area contributed by atoms with Crippen LogP contribution in [0, 0.1) is 0 Å². The molecule has 0 aromatic carbocycles. The van der Waals surface area contributed by atoms with Gasteiger partial charge in [-0.3, -0.25) is 0 Å². The zero-order chi connectivity index (χ0) is 10.2. The second kappa shape index (κ2) is 7.58. The van der Waals surface area contributed by atoms with Crippen molar-refractivity contribution in [2.75, 3.05) is 18.8 Å². The Morgan fingerprint density at radius 3 is 2.79 bits per heavy atom. The van der Waals surface area contributed by atoms with Gasteiger partial charge in [-0.25, -0.2) is 0 Å². The van der Waals surface area contributed by atoms with Crippen molar-refractivity contribution in [1.29, 1.82) is 0 Å². The molecule has 1 nitrogen and oxygen atoms in total. The molecule has 14 heavy (non-hydrogen) atoms. The maximum absolute atomic E-state index is 4.24. The third-order valence-electron chi connectivity index (χ3n) is 3.29. The van der Waals surface area contributed by atoms with E-state index >= 15 is 0 Å². The summed E-state index contributed by atoms with van der Waals surface area (Å²) in [5.74, 6) is 1.05.